The molecule has 1 aromatic carbocycles. The van der Waals surface area contributed by atoms with Crippen LogP contribution in [0, 0.1) is 6.57 Å². The average molecular weight is 279 g/mol. The summed E-state index contributed by atoms with van der Waals surface area (Å²) in [6.07, 6.45) is 1.42. The molecular weight excluding hydrogens is 270 g/mol. The first-order valence-corrected chi connectivity index (χ1v) is 6.00. The number of hydrogen-bond acceptors (Lipinski definition) is 5. The van der Waals surface area contributed by atoms with Gasteiger partial charge in [0.2, 0.25) is 0 Å². The number of carbonyl (C=O) groups excluding carboxylic acids is 1. The lowest BCUT2D eigenvalue weighted by Gasteiger charge is -2.02. The zero-order chi connectivity index (χ0) is 14.8. The zero-order valence-electron chi connectivity index (χ0n) is 11.0. The van der Waals surface area contributed by atoms with Gasteiger partial charge >= 0.3 is 5.97 Å². The van der Waals surface area contributed by atoms with Crippen LogP contribution in [-0.4, -0.2) is 33.1 Å². The number of aromatic nitrogens is 4. The summed E-state index contributed by atoms with van der Waals surface area (Å²) in [6.45, 7) is 6.94. The Bertz CT molecular complexity index is 861. The van der Waals surface area contributed by atoms with Crippen molar-refractivity contribution in [3.63, 3.8) is 0 Å². The molecule has 3 rings (SSSR count). The molecule has 2 heterocycles. The van der Waals surface area contributed by atoms with E-state index < -0.39 is 5.97 Å². The molecule has 7 heteroatoms. The predicted octanol–water partition coefficient (Wildman–Crippen LogP) is 2.15. The molecule has 0 aliphatic heterocycles. The van der Waals surface area contributed by atoms with Gasteiger partial charge in [0.15, 0.2) is 11.3 Å². The fourth-order valence-corrected chi connectivity index (χ4v) is 1.89. The molecule has 0 bridgehead atoms. The van der Waals surface area contributed by atoms with Crippen LogP contribution in [0.3, 0.4) is 0 Å². The second-order valence-corrected chi connectivity index (χ2v) is 4.19. The predicted molar refractivity (Wildman–Crippen MR) is 74.3 cm³/mol. The van der Waals surface area contributed by atoms with Crippen LogP contribution in [0.4, 0.5) is 5.69 Å². The van der Waals surface area contributed by atoms with Crippen molar-refractivity contribution in [1.82, 2.24) is 20.0 Å². The van der Waals surface area contributed by atoms with E-state index in [0.717, 1.165) is 5.69 Å². The summed E-state index contributed by atoms with van der Waals surface area (Å²) >= 11 is 0. The maximum absolute atomic E-state index is 11.5. The molecule has 102 valence electrons. The van der Waals surface area contributed by atoms with Crippen LogP contribution in [-0.2, 0) is 4.74 Å². The Morgan fingerprint density at radius 2 is 2.10 bits per heavy atom. The number of benzene rings is 1. The van der Waals surface area contributed by atoms with Gasteiger partial charge in [0.25, 0.3) is 0 Å². The fraction of sp³-hybridized carbons (Fsp3) is 0.0714. The van der Waals surface area contributed by atoms with E-state index >= 15 is 0 Å². The van der Waals surface area contributed by atoms with Crippen molar-refractivity contribution in [1.29, 1.82) is 0 Å². The number of nitrogens with zero attached hydrogens (tertiary/aromatic N) is 5. The molecule has 0 atom stereocenters. The molecule has 7 nitrogen and oxygen atoms in total. The van der Waals surface area contributed by atoms with Gasteiger partial charge in [0, 0.05) is 6.20 Å². The molecule has 0 radical (unpaired) electrons. The molecule has 0 amide bonds. The molecule has 21 heavy (non-hydrogen) atoms. The first-order valence-electron chi connectivity index (χ1n) is 6.00. The van der Waals surface area contributed by atoms with Crippen LogP contribution >= 0.6 is 0 Å². The minimum absolute atomic E-state index is 0.320. The second kappa shape index (κ2) is 5.02. The van der Waals surface area contributed by atoms with E-state index in [1.54, 1.807) is 35.0 Å². The third kappa shape index (κ3) is 2.19. The van der Waals surface area contributed by atoms with Gasteiger partial charge in [0.1, 0.15) is 5.52 Å². The SMILES string of the molecule is [C-]#[N+]c1ccc(-n2nnc3cc(C(=O)OC)cnc32)cc1. The van der Waals surface area contributed by atoms with Crippen LogP contribution < -0.4 is 0 Å². The van der Waals surface area contributed by atoms with Crippen molar-refractivity contribution in [3.05, 3.63) is 53.5 Å². The van der Waals surface area contributed by atoms with Crippen molar-refractivity contribution in [2.24, 2.45) is 0 Å². The summed E-state index contributed by atoms with van der Waals surface area (Å²) in [6, 6.07) is 8.48. The molecule has 0 unspecified atom stereocenters. The summed E-state index contributed by atoms with van der Waals surface area (Å²) in [4.78, 5) is 19.0. The quantitative estimate of drug-likeness (QED) is 0.531. The summed E-state index contributed by atoms with van der Waals surface area (Å²) in [5.41, 5.74) is 2.62. The molecule has 2 aromatic heterocycles. The second-order valence-electron chi connectivity index (χ2n) is 4.19. The zero-order valence-corrected chi connectivity index (χ0v) is 11.0. The molecule has 0 aliphatic carbocycles. The lowest BCUT2D eigenvalue weighted by molar-refractivity contribution is 0.0600. The smallest absolute Gasteiger partial charge is 0.339 e. The van der Waals surface area contributed by atoms with Crippen molar-refractivity contribution in [2.45, 2.75) is 0 Å². The van der Waals surface area contributed by atoms with Gasteiger partial charge in [-0.15, -0.1) is 5.10 Å². The summed E-state index contributed by atoms with van der Waals surface area (Å²) in [7, 11) is 1.31. The molecule has 0 fully saturated rings. The van der Waals surface area contributed by atoms with Gasteiger partial charge in [-0.1, -0.05) is 17.3 Å². The van der Waals surface area contributed by atoms with E-state index in [4.69, 9.17) is 6.57 Å². The number of ether oxygens (including phenoxy) is 1. The largest absolute Gasteiger partial charge is 0.465 e. The summed E-state index contributed by atoms with van der Waals surface area (Å²) in [5.74, 6) is -0.472. The van der Waals surface area contributed by atoms with Gasteiger partial charge in [0.05, 0.1) is 24.9 Å². The molecule has 0 aliphatic rings. The minimum Gasteiger partial charge on any atom is -0.465 e. The van der Waals surface area contributed by atoms with E-state index in [-0.39, 0.29) is 0 Å². The Hall–Kier alpha value is -3.27. The first kappa shape index (κ1) is 12.7. The van der Waals surface area contributed by atoms with Gasteiger partial charge in [-0.05, 0) is 18.2 Å². The normalized spacial score (nSPS) is 10.3. The fourth-order valence-electron chi connectivity index (χ4n) is 1.89. The van der Waals surface area contributed by atoms with Gasteiger partial charge in [-0.2, -0.15) is 4.68 Å². The Labute approximate surface area is 119 Å². The minimum atomic E-state index is -0.472. The number of esters is 1. The van der Waals surface area contributed by atoms with Gasteiger partial charge in [-0.25, -0.2) is 14.6 Å². The van der Waals surface area contributed by atoms with E-state index in [0.29, 0.717) is 22.4 Å². The molecule has 0 N–H and O–H groups in total. The molecule has 3 aromatic rings. The van der Waals surface area contributed by atoms with Crippen LogP contribution in [0.15, 0.2) is 36.5 Å². The Morgan fingerprint density at radius 1 is 1.33 bits per heavy atom. The number of hydrogen-bond donors (Lipinski definition) is 0. The third-order valence-corrected chi connectivity index (χ3v) is 2.93. The number of rotatable bonds is 2. The van der Waals surface area contributed by atoms with E-state index in [9.17, 15) is 4.79 Å². The van der Waals surface area contributed by atoms with Crippen molar-refractivity contribution in [2.75, 3.05) is 7.11 Å². The highest BCUT2D eigenvalue weighted by Crippen LogP contribution is 2.19. The standard InChI is InChI=1S/C14H9N5O2/c1-15-10-3-5-11(6-4-10)19-13-12(17-18-19)7-9(8-16-13)14(20)21-2/h3-8H,2H3. The lowest BCUT2D eigenvalue weighted by atomic mass is 10.2. The van der Waals surface area contributed by atoms with E-state index in [1.165, 1.54) is 13.3 Å². The third-order valence-electron chi connectivity index (χ3n) is 2.93. The first-order chi connectivity index (χ1) is 10.2. The maximum Gasteiger partial charge on any atom is 0.339 e. The monoisotopic (exact) mass is 279 g/mol. The lowest BCUT2D eigenvalue weighted by Crippen LogP contribution is -2.02. The number of fused-ring (bicyclic) bond motifs is 1. The molecule has 0 saturated heterocycles. The van der Waals surface area contributed by atoms with Crippen molar-refractivity contribution in [3.8, 4) is 5.69 Å². The van der Waals surface area contributed by atoms with Crippen LogP contribution in [0.2, 0.25) is 0 Å². The Kier molecular flexibility index (Phi) is 3.04. The van der Waals surface area contributed by atoms with Crippen LogP contribution in [0.1, 0.15) is 10.4 Å². The Morgan fingerprint density at radius 3 is 2.76 bits per heavy atom. The highest BCUT2D eigenvalue weighted by molar-refractivity contribution is 5.92. The highest BCUT2D eigenvalue weighted by Gasteiger charge is 2.12. The molecule has 0 spiro atoms. The summed E-state index contributed by atoms with van der Waals surface area (Å²) in [5, 5.41) is 8.02. The van der Waals surface area contributed by atoms with Gasteiger partial charge < -0.3 is 4.74 Å². The number of carbonyl (C=O) groups is 1. The maximum atomic E-state index is 11.5. The van der Waals surface area contributed by atoms with Crippen molar-refractivity contribution < 1.29 is 9.53 Å². The molecule has 0 saturated carbocycles. The van der Waals surface area contributed by atoms with Crippen LogP contribution in [0.25, 0.3) is 21.7 Å². The van der Waals surface area contributed by atoms with Gasteiger partial charge in [-0.3, -0.25) is 0 Å². The topological polar surface area (TPSA) is 74.3 Å². The van der Waals surface area contributed by atoms with E-state index in [2.05, 4.69) is 24.9 Å². The number of pyridine rings is 1. The van der Waals surface area contributed by atoms with Crippen molar-refractivity contribution >= 4 is 22.8 Å². The Balaban J connectivity index is 2.08. The highest BCUT2D eigenvalue weighted by atomic mass is 16.5. The summed E-state index contributed by atoms with van der Waals surface area (Å²) < 4.78 is 6.19. The molecular formula is C14H9N5O2. The van der Waals surface area contributed by atoms with Crippen LogP contribution in [0.5, 0.6) is 0 Å². The van der Waals surface area contributed by atoms with E-state index in [1.807, 2.05) is 0 Å². The number of methoxy groups -OCH3 is 1. The average Bonchev–Trinajstić information content (AvgIpc) is 2.97.